The van der Waals surface area contributed by atoms with Gasteiger partial charge >= 0.3 is 6.18 Å². The molecular formula is C20H21F3N2O2. The molecule has 1 aliphatic heterocycles. The number of dihydropyridines is 1. The summed E-state index contributed by atoms with van der Waals surface area (Å²) in [4.78, 5) is 25.0. The molecule has 1 aliphatic carbocycles. The summed E-state index contributed by atoms with van der Waals surface area (Å²) in [6.07, 6.45) is -3.70. The third kappa shape index (κ3) is 3.50. The van der Waals surface area contributed by atoms with Crippen molar-refractivity contribution in [2.24, 2.45) is 11.1 Å². The molecule has 0 saturated heterocycles. The number of primary amides is 1. The van der Waals surface area contributed by atoms with Gasteiger partial charge in [-0.05, 0) is 30.4 Å². The second-order valence-electron chi connectivity index (χ2n) is 7.92. The smallest absolute Gasteiger partial charge is 0.366 e. The molecule has 2 aliphatic rings. The van der Waals surface area contributed by atoms with Gasteiger partial charge in [-0.3, -0.25) is 9.59 Å². The number of ketones is 1. The first-order valence-corrected chi connectivity index (χ1v) is 8.62. The van der Waals surface area contributed by atoms with E-state index in [1.807, 2.05) is 13.8 Å². The quantitative estimate of drug-likeness (QED) is 0.822. The Hall–Kier alpha value is -2.57. The number of nitrogens with two attached hydrogens (primary N) is 1. The lowest BCUT2D eigenvalue weighted by molar-refractivity contribution is -0.137. The summed E-state index contributed by atoms with van der Waals surface area (Å²) >= 11 is 0. The molecule has 27 heavy (non-hydrogen) atoms. The summed E-state index contributed by atoms with van der Waals surface area (Å²) in [7, 11) is 0. The van der Waals surface area contributed by atoms with Gasteiger partial charge in [0.05, 0.1) is 5.56 Å². The van der Waals surface area contributed by atoms with E-state index >= 15 is 0 Å². The van der Waals surface area contributed by atoms with E-state index in [-0.39, 0.29) is 28.8 Å². The van der Waals surface area contributed by atoms with Crippen molar-refractivity contribution >= 4 is 11.7 Å². The Balaban J connectivity index is 2.22. The summed E-state index contributed by atoms with van der Waals surface area (Å²) < 4.78 is 39.6. The molecule has 1 heterocycles. The molecule has 0 saturated carbocycles. The number of rotatable bonds is 2. The van der Waals surface area contributed by atoms with Crippen LogP contribution in [-0.4, -0.2) is 11.7 Å². The second-order valence-corrected chi connectivity index (χ2v) is 7.92. The lowest BCUT2D eigenvalue weighted by Crippen LogP contribution is -2.39. The molecule has 0 radical (unpaired) electrons. The molecule has 1 aromatic rings. The van der Waals surface area contributed by atoms with E-state index < -0.39 is 23.6 Å². The van der Waals surface area contributed by atoms with Gasteiger partial charge in [0.1, 0.15) is 0 Å². The van der Waals surface area contributed by atoms with Gasteiger partial charge in [-0.1, -0.05) is 32.0 Å². The summed E-state index contributed by atoms with van der Waals surface area (Å²) in [6.45, 7) is 5.56. The highest BCUT2D eigenvalue weighted by atomic mass is 19.4. The zero-order valence-electron chi connectivity index (χ0n) is 15.3. The van der Waals surface area contributed by atoms with Gasteiger partial charge in [0.15, 0.2) is 5.78 Å². The van der Waals surface area contributed by atoms with Gasteiger partial charge in [-0.15, -0.1) is 0 Å². The molecule has 0 spiro atoms. The van der Waals surface area contributed by atoms with Crippen LogP contribution >= 0.6 is 0 Å². The van der Waals surface area contributed by atoms with Gasteiger partial charge in [-0.2, -0.15) is 13.2 Å². The van der Waals surface area contributed by atoms with Crippen LogP contribution in [0.15, 0.2) is 46.8 Å². The predicted octanol–water partition coefficient (Wildman–Crippen LogP) is 3.79. The first kappa shape index (κ1) is 19.2. The van der Waals surface area contributed by atoms with Crippen molar-refractivity contribution in [3.8, 4) is 0 Å². The van der Waals surface area contributed by atoms with Crippen LogP contribution in [0.1, 0.15) is 50.7 Å². The van der Waals surface area contributed by atoms with Crippen LogP contribution in [-0.2, 0) is 15.8 Å². The minimum Gasteiger partial charge on any atom is -0.366 e. The first-order chi connectivity index (χ1) is 12.4. The van der Waals surface area contributed by atoms with E-state index in [4.69, 9.17) is 5.73 Å². The van der Waals surface area contributed by atoms with Crippen molar-refractivity contribution in [2.45, 2.75) is 45.7 Å². The van der Waals surface area contributed by atoms with Crippen molar-refractivity contribution in [3.63, 3.8) is 0 Å². The van der Waals surface area contributed by atoms with E-state index in [1.54, 1.807) is 6.92 Å². The molecule has 1 atom stereocenters. The Morgan fingerprint density at radius 1 is 1.26 bits per heavy atom. The minimum absolute atomic E-state index is 0.126. The van der Waals surface area contributed by atoms with Crippen molar-refractivity contribution < 1.29 is 22.8 Å². The standard InChI is InChI=1S/C20H21F3N2O2/c1-10-15(18(24)27)16(11-5-4-6-12(7-11)20(21,22)23)17-13(25-10)8-19(2,3)9-14(17)26/h4-7,16,25H,8-9H2,1-3H3,(H2,24,27). The number of hydrogen-bond donors (Lipinski definition) is 2. The molecule has 1 amide bonds. The molecular weight excluding hydrogens is 357 g/mol. The van der Waals surface area contributed by atoms with Crippen LogP contribution in [0, 0.1) is 5.41 Å². The van der Waals surface area contributed by atoms with Crippen LogP contribution in [0.2, 0.25) is 0 Å². The number of carbonyl (C=O) groups is 2. The average molecular weight is 378 g/mol. The monoisotopic (exact) mass is 378 g/mol. The third-order valence-corrected chi connectivity index (χ3v) is 5.05. The predicted molar refractivity (Wildman–Crippen MR) is 94.3 cm³/mol. The van der Waals surface area contributed by atoms with Gasteiger partial charge in [0, 0.05) is 34.9 Å². The highest BCUT2D eigenvalue weighted by Crippen LogP contribution is 2.47. The largest absolute Gasteiger partial charge is 0.416 e. The number of amides is 1. The molecule has 1 aromatic carbocycles. The van der Waals surface area contributed by atoms with E-state index in [9.17, 15) is 22.8 Å². The molecule has 0 fully saturated rings. The molecule has 0 bridgehead atoms. The van der Waals surface area contributed by atoms with Crippen LogP contribution in [0.25, 0.3) is 0 Å². The van der Waals surface area contributed by atoms with E-state index in [0.29, 0.717) is 23.4 Å². The summed E-state index contributed by atoms with van der Waals surface area (Å²) in [5.41, 5.74) is 6.26. The number of allylic oxidation sites excluding steroid dienone is 3. The normalized spacial score (nSPS) is 22.4. The molecule has 3 rings (SSSR count). The van der Waals surface area contributed by atoms with Crippen LogP contribution in [0.3, 0.4) is 0 Å². The van der Waals surface area contributed by atoms with E-state index in [2.05, 4.69) is 5.32 Å². The maximum absolute atomic E-state index is 13.2. The SMILES string of the molecule is CC1=C(C(N)=O)C(c2cccc(C(F)(F)F)c2)C2=C(CC(C)(C)CC2=O)N1. The van der Waals surface area contributed by atoms with Gasteiger partial charge < -0.3 is 11.1 Å². The fraction of sp³-hybridized carbons (Fsp3) is 0.400. The molecule has 0 aromatic heterocycles. The number of carbonyl (C=O) groups excluding carboxylic acids is 2. The number of benzene rings is 1. The molecule has 3 N–H and O–H groups in total. The lowest BCUT2D eigenvalue weighted by Gasteiger charge is -2.39. The number of alkyl halides is 3. The fourth-order valence-corrected chi connectivity index (χ4v) is 3.99. The maximum atomic E-state index is 13.2. The number of hydrogen-bond acceptors (Lipinski definition) is 3. The first-order valence-electron chi connectivity index (χ1n) is 8.62. The number of nitrogens with one attached hydrogen (secondary N) is 1. The third-order valence-electron chi connectivity index (χ3n) is 5.05. The fourth-order valence-electron chi connectivity index (χ4n) is 3.99. The number of Topliss-reactive ketones (excluding diaryl/α,β-unsaturated/α-hetero) is 1. The molecule has 1 unspecified atom stereocenters. The number of halogens is 3. The van der Waals surface area contributed by atoms with Gasteiger partial charge in [0.2, 0.25) is 5.91 Å². The van der Waals surface area contributed by atoms with Crippen LogP contribution in [0.5, 0.6) is 0 Å². The summed E-state index contributed by atoms with van der Waals surface area (Å²) in [6, 6.07) is 4.74. The van der Waals surface area contributed by atoms with E-state index in [0.717, 1.165) is 12.1 Å². The van der Waals surface area contributed by atoms with Crippen molar-refractivity contribution in [3.05, 3.63) is 57.9 Å². The Morgan fingerprint density at radius 2 is 1.93 bits per heavy atom. The highest BCUT2D eigenvalue weighted by Gasteiger charge is 2.42. The zero-order chi connectivity index (χ0) is 20.1. The Morgan fingerprint density at radius 3 is 2.52 bits per heavy atom. The maximum Gasteiger partial charge on any atom is 0.416 e. The average Bonchev–Trinajstić information content (AvgIpc) is 2.51. The van der Waals surface area contributed by atoms with Crippen LogP contribution in [0.4, 0.5) is 13.2 Å². The zero-order valence-corrected chi connectivity index (χ0v) is 15.3. The summed E-state index contributed by atoms with van der Waals surface area (Å²) in [5.74, 6) is -1.83. The van der Waals surface area contributed by atoms with E-state index in [1.165, 1.54) is 12.1 Å². The van der Waals surface area contributed by atoms with Crippen molar-refractivity contribution in [2.75, 3.05) is 0 Å². The Bertz CT molecular complexity index is 895. The minimum atomic E-state index is -4.52. The summed E-state index contributed by atoms with van der Waals surface area (Å²) in [5, 5.41) is 3.10. The second kappa shape index (κ2) is 6.25. The van der Waals surface area contributed by atoms with Gasteiger partial charge in [-0.25, -0.2) is 0 Å². The van der Waals surface area contributed by atoms with Crippen molar-refractivity contribution in [1.29, 1.82) is 0 Å². The Labute approximate surface area is 155 Å². The van der Waals surface area contributed by atoms with Gasteiger partial charge in [0.25, 0.3) is 0 Å². The van der Waals surface area contributed by atoms with Crippen LogP contribution < -0.4 is 11.1 Å². The van der Waals surface area contributed by atoms with Crippen molar-refractivity contribution in [1.82, 2.24) is 5.32 Å². The Kier molecular flexibility index (Phi) is 4.44. The molecule has 144 valence electrons. The topological polar surface area (TPSA) is 72.2 Å². The molecule has 4 nitrogen and oxygen atoms in total. The lowest BCUT2D eigenvalue weighted by atomic mass is 9.68. The molecule has 7 heteroatoms. The highest BCUT2D eigenvalue weighted by molar-refractivity contribution is 6.05.